The second-order valence-electron chi connectivity index (χ2n) is 7.67. The van der Waals surface area contributed by atoms with Crippen molar-refractivity contribution in [3.63, 3.8) is 0 Å². The summed E-state index contributed by atoms with van der Waals surface area (Å²) in [6.45, 7) is 6.92. The molecule has 2 aliphatic heterocycles. The summed E-state index contributed by atoms with van der Waals surface area (Å²) in [6.07, 6.45) is 4.27. The number of hydrogen-bond donors (Lipinski definition) is 0. The van der Waals surface area contributed by atoms with E-state index in [1.807, 2.05) is 5.51 Å². The van der Waals surface area contributed by atoms with Crippen LogP contribution in [0.5, 0.6) is 0 Å². The van der Waals surface area contributed by atoms with Gasteiger partial charge in [-0.2, -0.15) is 0 Å². The topological polar surface area (TPSA) is 54.9 Å². The Bertz CT molecular complexity index is 597. The summed E-state index contributed by atoms with van der Waals surface area (Å²) in [5, 5.41) is 0. The van der Waals surface area contributed by atoms with Gasteiger partial charge in [0.25, 0.3) is 0 Å². The molecule has 2 aliphatic rings. The van der Waals surface area contributed by atoms with Crippen LogP contribution in [0.3, 0.4) is 0 Å². The number of rotatable bonds is 7. The fourth-order valence-corrected chi connectivity index (χ4v) is 4.85. The molecule has 1 unspecified atom stereocenters. The highest BCUT2D eigenvalue weighted by Crippen LogP contribution is 2.42. The van der Waals surface area contributed by atoms with Crippen molar-refractivity contribution in [2.45, 2.75) is 44.8 Å². The van der Waals surface area contributed by atoms with Gasteiger partial charge in [-0.1, -0.05) is 0 Å². The lowest BCUT2D eigenvalue weighted by atomic mass is 9.78. The van der Waals surface area contributed by atoms with Crippen LogP contribution in [0.4, 0.5) is 0 Å². The lowest BCUT2D eigenvalue weighted by Gasteiger charge is -2.42. The predicted octanol–water partition coefficient (Wildman–Crippen LogP) is 2.32. The smallest absolute Gasteiger partial charge is 0.248 e. The molecule has 2 fully saturated rings. The number of piperidine rings is 1. The maximum absolute atomic E-state index is 11.6. The van der Waals surface area contributed by atoms with Crippen LogP contribution >= 0.6 is 11.3 Å². The highest BCUT2D eigenvalue weighted by Gasteiger charge is 2.45. The van der Waals surface area contributed by atoms with Gasteiger partial charge in [0.05, 0.1) is 16.8 Å². The van der Waals surface area contributed by atoms with Crippen molar-refractivity contribution < 1.29 is 14.3 Å². The van der Waals surface area contributed by atoms with Gasteiger partial charge < -0.3 is 14.4 Å². The summed E-state index contributed by atoms with van der Waals surface area (Å²) in [4.78, 5) is 21.4. The summed E-state index contributed by atoms with van der Waals surface area (Å²) in [5.74, 6) is 0.568. The number of nitrogens with zero attached hydrogens (tertiary/aromatic N) is 3. The molecule has 1 aromatic heterocycles. The van der Waals surface area contributed by atoms with E-state index in [-0.39, 0.29) is 18.1 Å². The lowest BCUT2D eigenvalue weighted by Crippen LogP contribution is -2.47. The molecule has 1 amide bonds. The van der Waals surface area contributed by atoms with E-state index in [1.54, 1.807) is 30.3 Å². The van der Waals surface area contributed by atoms with Gasteiger partial charge in [-0.05, 0) is 38.5 Å². The normalized spacial score (nSPS) is 22.8. The van der Waals surface area contributed by atoms with Crippen molar-refractivity contribution in [2.75, 3.05) is 47.0 Å². The Kier molecular flexibility index (Phi) is 6.66. The second-order valence-corrected chi connectivity index (χ2v) is 8.60. The molecule has 0 bridgehead atoms. The Balaban J connectivity index is 1.44. The number of amides is 1. The number of aromatic nitrogens is 1. The predicted molar refractivity (Wildman–Crippen MR) is 102 cm³/mol. The summed E-state index contributed by atoms with van der Waals surface area (Å²) in [5.41, 5.74) is 3.12. The fraction of sp³-hybridized carbons (Fsp3) is 0.789. The van der Waals surface area contributed by atoms with E-state index in [2.05, 4.69) is 16.8 Å². The van der Waals surface area contributed by atoms with Gasteiger partial charge in [0.1, 0.15) is 6.61 Å². The van der Waals surface area contributed by atoms with Crippen molar-refractivity contribution in [3.05, 3.63) is 16.1 Å². The molecule has 0 aliphatic carbocycles. The number of likely N-dealkylation sites (tertiary alicyclic amines) is 1. The van der Waals surface area contributed by atoms with Gasteiger partial charge in [-0.25, -0.2) is 4.98 Å². The highest BCUT2D eigenvalue weighted by atomic mass is 32.1. The molecule has 1 spiro atoms. The van der Waals surface area contributed by atoms with Gasteiger partial charge in [0, 0.05) is 51.8 Å². The first kappa shape index (κ1) is 19.7. The molecule has 6 nitrogen and oxygen atoms in total. The third kappa shape index (κ3) is 4.63. The van der Waals surface area contributed by atoms with Crippen LogP contribution in [-0.4, -0.2) is 73.3 Å². The molecular weight excluding hydrogens is 350 g/mol. The van der Waals surface area contributed by atoms with Crippen LogP contribution in [0.1, 0.15) is 36.3 Å². The molecule has 1 atom stereocenters. The molecule has 0 N–H and O–H groups in total. The number of hydrogen-bond acceptors (Lipinski definition) is 6. The highest BCUT2D eigenvalue weighted by molar-refractivity contribution is 7.09. The monoisotopic (exact) mass is 381 g/mol. The molecule has 26 heavy (non-hydrogen) atoms. The van der Waals surface area contributed by atoms with Crippen molar-refractivity contribution in [1.29, 1.82) is 0 Å². The van der Waals surface area contributed by atoms with Crippen LogP contribution in [0.2, 0.25) is 0 Å². The van der Waals surface area contributed by atoms with E-state index >= 15 is 0 Å². The number of carbonyl (C=O) groups is 1. The van der Waals surface area contributed by atoms with Gasteiger partial charge in [-0.15, -0.1) is 11.3 Å². The van der Waals surface area contributed by atoms with Gasteiger partial charge in [-0.3, -0.25) is 9.69 Å². The van der Waals surface area contributed by atoms with Gasteiger partial charge in [0.15, 0.2) is 0 Å². The standard InChI is InChI=1S/C19H31N3O3S/c1-15-17(26-14-20-15)12-22-8-6-19(7-9-22)16(5-11-25-19)4-10-24-13-18(23)21(2)3/h14,16H,4-13H2,1-3H3. The lowest BCUT2D eigenvalue weighted by molar-refractivity contribution is -0.133. The number of likely N-dealkylation sites (N-methyl/N-ethyl adjacent to an activating group) is 1. The number of aryl methyl sites for hydroxylation is 1. The van der Waals surface area contributed by atoms with Crippen LogP contribution in [0, 0.1) is 12.8 Å². The molecule has 2 saturated heterocycles. The Morgan fingerprint density at radius 2 is 2.23 bits per heavy atom. The summed E-state index contributed by atoms with van der Waals surface area (Å²) < 4.78 is 11.8. The van der Waals surface area contributed by atoms with Crippen molar-refractivity contribution in [3.8, 4) is 0 Å². The largest absolute Gasteiger partial charge is 0.375 e. The number of carbonyl (C=O) groups excluding carboxylic acids is 1. The molecule has 146 valence electrons. The quantitative estimate of drug-likeness (QED) is 0.679. The van der Waals surface area contributed by atoms with E-state index in [0.717, 1.165) is 57.6 Å². The second kappa shape index (κ2) is 8.78. The van der Waals surface area contributed by atoms with Gasteiger partial charge >= 0.3 is 0 Å². The van der Waals surface area contributed by atoms with E-state index < -0.39 is 0 Å². The number of thiazole rings is 1. The summed E-state index contributed by atoms with van der Waals surface area (Å²) in [6, 6.07) is 0. The Labute approximate surface area is 160 Å². The zero-order valence-corrected chi connectivity index (χ0v) is 17.0. The minimum atomic E-state index is 0.0220. The summed E-state index contributed by atoms with van der Waals surface area (Å²) in [7, 11) is 3.51. The third-order valence-electron chi connectivity index (χ3n) is 5.85. The minimum Gasteiger partial charge on any atom is -0.375 e. The first-order valence-corrected chi connectivity index (χ1v) is 10.4. The van der Waals surface area contributed by atoms with Crippen LogP contribution < -0.4 is 0 Å². The number of ether oxygens (including phenoxy) is 2. The fourth-order valence-electron chi connectivity index (χ4n) is 4.03. The molecule has 0 saturated carbocycles. The molecule has 3 rings (SSSR count). The molecule has 0 radical (unpaired) electrons. The van der Waals surface area contributed by atoms with Crippen LogP contribution in [0.25, 0.3) is 0 Å². The van der Waals surface area contributed by atoms with Crippen LogP contribution in [0.15, 0.2) is 5.51 Å². The molecule has 0 aromatic carbocycles. The Morgan fingerprint density at radius 1 is 1.46 bits per heavy atom. The maximum Gasteiger partial charge on any atom is 0.248 e. The van der Waals surface area contributed by atoms with Crippen molar-refractivity contribution in [1.82, 2.24) is 14.8 Å². The van der Waals surface area contributed by atoms with Gasteiger partial charge in [0.2, 0.25) is 5.91 Å². The molecule has 1 aromatic rings. The average Bonchev–Trinajstić information content (AvgIpc) is 3.20. The third-order valence-corrected chi connectivity index (χ3v) is 6.77. The molecular formula is C19H31N3O3S. The zero-order valence-electron chi connectivity index (χ0n) is 16.2. The van der Waals surface area contributed by atoms with E-state index in [1.165, 1.54) is 4.88 Å². The van der Waals surface area contributed by atoms with E-state index in [4.69, 9.17) is 9.47 Å². The summed E-state index contributed by atoms with van der Waals surface area (Å²) >= 11 is 1.75. The molecule has 7 heteroatoms. The van der Waals surface area contributed by atoms with Crippen LogP contribution in [-0.2, 0) is 20.8 Å². The first-order chi connectivity index (χ1) is 12.5. The Morgan fingerprint density at radius 3 is 2.88 bits per heavy atom. The van der Waals surface area contributed by atoms with Crippen molar-refractivity contribution in [2.24, 2.45) is 5.92 Å². The Hall–Kier alpha value is -1.02. The van der Waals surface area contributed by atoms with Crippen molar-refractivity contribution >= 4 is 17.2 Å². The van der Waals surface area contributed by atoms with E-state index in [9.17, 15) is 4.79 Å². The van der Waals surface area contributed by atoms with E-state index in [0.29, 0.717) is 12.5 Å². The SMILES string of the molecule is Cc1ncsc1CN1CCC2(CC1)OCCC2CCOCC(=O)N(C)C. The minimum absolute atomic E-state index is 0.0220. The maximum atomic E-state index is 11.6. The molecule has 3 heterocycles. The first-order valence-electron chi connectivity index (χ1n) is 9.53. The average molecular weight is 382 g/mol. The zero-order chi connectivity index (χ0) is 18.6.